The normalized spacial score (nSPS) is 21.0. The lowest BCUT2D eigenvalue weighted by molar-refractivity contribution is 0.189. The minimum absolute atomic E-state index is 0.138. The number of aliphatic hydroxyl groups is 1. The van der Waals surface area contributed by atoms with Crippen molar-refractivity contribution in [1.29, 1.82) is 0 Å². The van der Waals surface area contributed by atoms with E-state index < -0.39 is 0 Å². The molecule has 3 N–H and O–H groups in total. The lowest BCUT2D eigenvalue weighted by atomic mass is 9.81. The van der Waals surface area contributed by atoms with Crippen molar-refractivity contribution >= 4 is 22.8 Å². The first kappa shape index (κ1) is 15.8. The summed E-state index contributed by atoms with van der Waals surface area (Å²) in [5.74, 6) is 1.54. The van der Waals surface area contributed by atoms with Crippen LogP contribution in [-0.4, -0.2) is 44.6 Å². The fourth-order valence-corrected chi connectivity index (χ4v) is 3.71. The largest absolute Gasteiger partial charge is 0.396 e. The number of nitrogen functional groups attached to an aromatic ring is 1. The number of rotatable bonds is 3. The van der Waals surface area contributed by atoms with Crippen molar-refractivity contribution in [2.24, 2.45) is 13.0 Å². The van der Waals surface area contributed by atoms with Crippen LogP contribution < -0.4 is 10.6 Å². The summed E-state index contributed by atoms with van der Waals surface area (Å²) in [4.78, 5) is 11.2. The van der Waals surface area contributed by atoms with Crippen molar-refractivity contribution in [3.63, 3.8) is 0 Å². The summed E-state index contributed by atoms with van der Waals surface area (Å²) in [7, 11) is 1.84. The van der Waals surface area contributed by atoms with Crippen molar-refractivity contribution in [3.8, 4) is 0 Å². The molecule has 0 saturated carbocycles. The van der Waals surface area contributed by atoms with Crippen molar-refractivity contribution in [3.05, 3.63) is 42.1 Å². The first-order valence-corrected chi connectivity index (χ1v) is 8.53. The lowest BCUT2D eigenvalue weighted by Gasteiger charge is -2.38. The van der Waals surface area contributed by atoms with Gasteiger partial charge >= 0.3 is 0 Å². The number of aliphatic hydroxyl groups excluding tert-OH is 1. The van der Waals surface area contributed by atoms with Crippen LogP contribution in [0, 0.1) is 5.92 Å². The Bertz CT molecular complexity index is 878. The van der Waals surface area contributed by atoms with E-state index in [2.05, 4.69) is 44.2 Å². The fourth-order valence-electron chi connectivity index (χ4n) is 3.71. The number of aryl methyl sites for hydroxylation is 1. The van der Waals surface area contributed by atoms with E-state index in [0.717, 1.165) is 24.0 Å². The summed E-state index contributed by atoms with van der Waals surface area (Å²) in [5.41, 5.74) is 8.09. The van der Waals surface area contributed by atoms with E-state index in [-0.39, 0.29) is 12.5 Å². The first-order valence-electron chi connectivity index (χ1n) is 8.53. The molecule has 1 aliphatic heterocycles. The number of fused-ring (bicyclic) bond motifs is 1. The Labute approximate surface area is 146 Å². The lowest BCUT2D eigenvalue weighted by Crippen LogP contribution is -2.42. The van der Waals surface area contributed by atoms with Crippen LogP contribution in [0.25, 0.3) is 11.0 Å². The molecule has 1 saturated heterocycles. The molecule has 25 heavy (non-hydrogen) atoms. The number of hydrogen-bond acceptors (Lipinski definition) is 6. The molecule has 2 atom stereocenters. The van der Waals surface area contributed by atoms with Gasteiger partial charge in [-0.1, -0.05) is 30.3 Å². The maximum Gasteiger partial charge on any atom is 0.229 e. The van der Waals surface area contributed by atoms with E-state index in [4.69, 9.17) is 5.73 Å². The molecule has 0 spiro atoms. The summed E-state index contributed by atoms with van der Waals surface area (Å²) >= 11 is 0. The highest BCUT2D eigenvalue weighted by Gasteiger charge is 2.31. The molecule has 0 unspecified atom stereocenters. The SMILES string of the molecule is Cn1ncc2c(N)nc(N3CC[C@@H](c4ccccc4)[C@@H](CO)C3)nc21. The highest BCUT2D eigenvalue weighted by atomic mass is 16.3. The van der Waals surface area contributed by atoms with Gasteiger partial charge in [0.05, 0.1) is 11.6 Å². The smallest absolute Gasteiger partial charge is 0.229 e. The van der Waals surface area contributed by atoms with Crippen LogP contribution in [-0.2, 0) is 7.05 Å². The monoisotopic (exact) mass is 338 g/mol. The van der Waals surface area contributed by atoms with Crippen molar-refractivity contribution in [1.82, 2.24) is 19.7 Å². The van der Waals surface area contributed by atoms with Crippen LogP contribution in [0.15, 0.2) is 36.5 Å². The Morgan fingerprint density at radius 1 is 1.24 bits per heavy atom. The maximum absolute atomic E-state index is 9.92. The van der Waals surface area contributed by atoms with E-state index in [0.29, 0.717) is 24.2 Å². The van der Waals surface area contributed by atoms with Gasteiger partial charge in [-0.2, -0.15) is 15.1 Å². The van der Waals surface area contributed by atoms with Gasteiger partial charge in [-0.3, -0.25) is 4.68 Å². The molecule has 130 valence electrons. The number of benzene rings is 1. The Morgan fingerprint density at radius 3 is 2.80 bits per heavy atom. The fraction of sp³-hybridized carbons (Fsp3) is 0.389. The number of nitrogens with two attached hydrogens (primary N) is 1. The van der Waals surface area contributed by atoms with Gasteiger partial charge in [-0.15, -0.1) is 0 Å². The Morgan fingerprint density at radius 2 is 2.04 bits per heavy atom. The summed E-state index contributed by atoms with van der Waals surface area (Å²) in [6.45, 7) is 1.68. The Balaban J connectivity index is 1.62. The number of nitrogens with zero attached hydrogens (tertiary/aromatic N) is 5. The quantitative estimate of drug-likeness (QED) is 0.753. The van der Waals surface area contributed by atoms with Crippen LogP contribution in [0.5, 0.6) is 0 Å². The van der Waals surface area contributed by atoms with Crippen molar-refractivity contribution in [2.45, 2.75) is 12.3 Å². The second-order valence-electron chi connectivity index (χ2n) is 6.61. The van der Waals surface area contributed by atoms with Gasteiger partial charge in [0.15, 0.2) is 5.65 Å². The van der Waals surface area contributed by atoms with Crippen LogP contribution in [0.3, 0.4) is 0 Å². The number of aromatic nitrogens is 4. The topological polar surface area (TPSA) is 93.1 Å². The van der Waals surface area contributed by atoms with Gasteiger partial charge in [0.1, 0.15) is 5.82 Å². The predicted molar refractivity (Wildman–Crippen MR) is 97.3 cm³/mol. The van der Waals surface area contributed by atoms with Crippen LogP contribution >= 0.6 is 0 Å². The molecule has 3 heterocycles. The molecule has 1 aliphatic rings. The molecule has 2 aromatic heterocycles. The molecule has 1 fully saturated rings. The van der Waals surface area contributed by atoms with Crippen LogP contribution in [0.2, 0.25) is 0 Å². The average molecular weight is 338 g/mol. The van der Waals surface area contributed by atoms with Gasteiger partial charge < -0.3 is 15.7 Å². The molecule has 1 aromatic carbocycles. The summed E-state index contributed by atoms with van der Waals surface area (Å²) in [6.07, 6.45) is 2.63. The van der Waals surface area contributed by atoms with Crippen LogP contribution in [0.4, 0.5) is 11.8 Å². The number of hydrogen-bond donors (Lipinski definition) is 2. The van der Waals surface area contributed by atoms with E-state index in [1.165, 1.54) is 5.56 Å². The molecule has 0 aliphatic carbocycles. The zero-order chi connectivity index (χ0) is 17.4. The molecular formula is C18H22N6O. The van der Waals surface area contributed by atoms with E-state index in [1.807, 2.05) is 13.1 Å². The molecule has 7 nitrogen and oxygen atoms in total. The van der Waals surface area contributed by atoms with Gasteiger partial charge in [-0.05, 0) is 17.9 Å². The molecule has 0 amide bonds. The van der Waals surface area contributed by atoms with Crippen molar-refractivity contribution < 1.29 is 5.11 Å². The Hall–Kier alpha value is -2.67. The molecule has 7 heteroatoms. The van der Waals surface area contributed by atoms with Crippen molar-refractivity contribution in [2.75, 3.05) is 30.3 Å². The summed E-state index contributed by atoms with van der Waals surface area (Å²) in [5, 5.41) is 14.9. The third kappa shape index (κ3) is 2.80. The second-order valence-corrected chi connectivity index (χ2v) is 6.61. The van der Waals surface area contributed by atoms with Gasteiger partial charge in [0, 0.05) is 32.7 Å². The minimum Gasteiger partial charge on any atom is -0.396 e. The van der Waals surface area contributed by atoms with Gasteiger partial charge in [-0.25, -0.2) is 0 Å². The van der Waals surface area contributed by atoms with E-state index in [9.17, 15) is 5.11 Å². The number of anilines is 2. The van der Waals surface area contributed by atoms with E-state index in [1.54, 1.807) is 10.9 Å². The highest BCUT2D eigenvalue weighted by molar-refractivity contribution is 5.86. The first-order chi connectivity index (χ1) is 12.2. The predicted octanol–water partition coefficient (Wildman–Crippen LogP) is 1.55. The zero-order valence-electron chi connectivity index (χ0n) is 14.2. The third-order valence-electron chi connectivity index (χ3n) is 5.09. The molecular weight excluding hydrogens is 316 g/mol. The van der Waals surface area contributed by atoms with Gasteiger partial charge in [0.25, 0.3) is 0 Å². The molecule has 3 aromatic rings. The average Bonchev–Trinajstić information content (AvgIpc) is 3.03. The molecule has 0 bridgehead atoms. The standard InChI is InChI=1S/C18H22N6O/c1-23-17-15(9-20-23)16(19)21-18(22-17)24-8-7-14(13(10-24)11-25)12-5-3-2-4-6-12/h2-6,9,13-14,25H,7-8,10-11H2,1H3,(H2,19,21,22)/t13-,14+/m1/s1. The van der Waals surface area contributed by atoms with Crippen LogP contribution in [0.1, 0.15) is 17.9 Å². The maximum atomic E-state index is 9.92. The second kappa shape index (κ2) is 6.33. The van der Waals surface area contributed by atoms with Gasteiger partial charge in [0.2, 0.25) is 5.95 Å². The third-order valence-corrected chi connectivity index (χ3v) is 5.09. The highest BCUT2D eigenvalue weighted by Crippen LogP contribution is 2.34. The zero-order valence-corrected chi connectivity index (χ0v) is 14.2. The molecule has 0 radical (unpaired) electrons. The van der Waals surface area contributed by atoms with E-state index >= 15 is 0 Å². The minimum atomic E-state index is 0.138. The summed E-state index contributed by atoms with van der Waals surface area (Å²) < 4.78 is 1.71. The summed E-state index contributed by atoms with van der Waals surface area (Å²) in [6, 6.07) is 10.4. The Kier molecular flexibility index (Phi) is 4.01. The molecule has 4 rings (SSSR count). The number of piperidine rings is 1.